The lowest BCUT2D eigenvalue weighted by Gasteiger charge is -2.44. The SMILES string of the molecule is Cc1cn(-c2ccc(/C=C3\CCCN4C3=NCCN4c3ccc(F)cc3)c3c2OCC3)cn1. The molecule has 7 heteroatoms. The summed E-state index contributed by atoms with van der Waals surface area (Å²) in [6.07, 6.45) is 9.08. The highest BCUT2D eigenvalue weighted by Crippen LogP contribution is 2.37. The number of hydrogen-bond donors (Lipinski definition) is 0. The zero-order chi connectivity index (χ0) is 22.4. The largest absolute Gasteiger partial charge is 0.491 e. The van der Waals surface area contributed by atoms with Gasteiger partial charge in [0.25, 0.3) is 0 Å². The summed E-state index contributed by atoms with van der Waals surface area (Å²) in [6.45, 7) is 5.12. The van der Waals surface area contributed by atoms with E-state index in [2.05, 4.69) is 33.2 Å². The van der Waals surface area contributed by atoms with Gasteiger partial charge >= 0.3 is 0 Å². The highest BCUT2D eigenvalue weighted by molar-refractivity contribution is 6.04. The maximum atomic E-state index is 13.5. The number of hydrazine groups is 1. The summed E-state index contributed by atoms with van der Waals surface area (Å²) in [7, 11) is 0. The van der Waals surface area contributed by atoms with Crippen molar-refractivity contribution in [3.63, 3.8) is 0 Å². The van der Waals surface area contributed by atoms with Gasteiger partial charge in [-0.3, -0.25) is 15.0 Å². The number of imidazole rings is 1. The van der Waals surface area contributed by atoms with Gasteiger partial charge in [0.1, 0.15) is 17.4 Å². The van der Waals surface area contributed by atoms with Crippen molar-refractivity contribution in [2.45, 2.75) is 26.2 Å². The predicted molar refractivity (Wildman–Crippen MR) is 127 cm³/mol. The third-order valence-corrected chi connectivity index (χ3v) is 6.53. The van der Waals surface area contributed by atoms with Gasteiger partial charge in [0, 0.05) is 24.7 Å². The average Bonchev–Trinajstić information content (AvgIpc) is 3.49. The molecule has 0 radical (unpaired) electrons. The van der Waals surface area contributed by atoms with E-state index in [1.165, 1.54) is 28.8 Å². The molecule has 1 aromatic heterocycles. The summed E-state index contributed by atoms with van der Waals surface area (Å²) in [5.41, 5.74) is 6.70. The van der Waals surface area contributed by atoms with Gasteiger partial charge in [0.05, 0.1) is 43.1 Å². The fraction of sp³-hybridized carbons (Fsp3) is 0.308. The molecular weight excluding hydrogens is 417 g/mol. The molecule has 2 aromatic carbocycles. The molecule has 0 unspecified atom stereocenters. The van der Waals surface area contributed by atoms with Crippen LogP contribution in [0, 0.1) is 12.7 Å². The zero-order valence-corrected chi connectivity index (χ0v) is 18.7. The van der Waals surface area contributed by atoms with Crippen LogP contribution in [0.25, 0.3) is 11.8 Å². The standard InChI is InChI=1S/C26H26FN5O/c1-18-16-30(17-29-18)24-9-4-19(23-10-14-33-25(23)24)15-20-3-2-12-32-26(20)28-11-13-31(32)22-7-5-21(27)6-8-22/h4-9,15-17H,2-3,10-14H2,1H3/b20-15+. The maximum Gasteiger partial charge on any atom is 0.147 e. The lowest BCUT2D eigenvalue weighted by Crippen LogP contribution is -2.53. The highest BCUT2D eigenvalue weighted by atomic mass is 19.1. The number of rotatable bonds is 3. The minimum Gasteiger partial charge on any atom is -0.491 e. The molecule has 0 atom stereocenters. The van der Waals surface area contributed by atoms with E-state index in [-0.39, 0.29) is 5.82 Å². The van der Waals surface area contributed by atoms with Crippen LogP contribution in [0.1, 0.15) is 29.7 Å². The average molecular weight is 444 g/mol. The molecule has 4 heterocycles. The summed E-state index contributed by atoms with van der Waals surface area (Å²) >= 11 is 0. The molecule has 0 aliphatic carbocycles. The van der Waals surface area contributed by atoms with Crippen molar-refractivity contribution in [3.05, 3.63) is 77.1 Å². The minimum absolute atomic E-state index is 0.214. The molecule has 1 saturated heterocycles. The molecule has 0 saturated carbocycles. The molecule has 1 fully saturated rings. The van der Waals surface area contributed by atoms with Crippen LogP contribution < -0.4 is 9.75 Å². The number of hydrogen-bond acceptors (Lipinski definition) is 5. The van der Waals surface area contributed by atoms with E-state index >= 15 is 0 Å². The third-order valence-electron chi connectivity index (χ3n) is 6.53. The van der Waals surface area contributed by atoms with Crippen LogP contribution in [-0.2, 0) is 6.42 Å². The molecule has 33 heavy (non-hydrogen) atoms. The van der Waals surface area contributed by atoms with Gasteiger partial charge in [0.15, 0.2) is 0 Å². The second-order valence-electron chi connectivity index (χ2n) is 8.70. The number of amidine groups is 1. The third kappa shape index (κ3) is 3.57. The topological polar surface area (TPSA) is 45.9 Å². The monoisotopic (exact) mass is 443 g/mol. The van der Waals surface area contributed by atoms with E-state index < -0.39 is 0 Å². The van der Waals surface area contributed by atoms with Crippen LogP contribution in [0.15, 0.2) is 59.5 Å². The Balaban J connectivity index is 1.35. The van der Waals surface area contributed by atoms with Crippen LogP contribution >= 0.6 is 0 Å². The van der Waals surface area contributed by atoms with E-state index in [1.54, 1.807) is 0 Å². The van der Waals surface area contributed by atoms with Gasteiger partial charge in [-0.2, -0.15) is 0 Å². The number of ether oxygens (including phenoxy) is 1. The fourth-order valence-corrected chi connectivity index (χ4v) is 4.99. The summed E-state index contributed by atoms with van der Waals surface area (Å²) in [5.74, 6) is 1.76. The summed E-state index contributed by atoms with van der Waals surface area (Å²) < 4.78 is 21.5. The number of benzene rings is 2. The Morgan fingerprint density at radius 1 is 1.03 bits per heavy atom. The van der Waals surface area contributed by atoms with Gasteiger partial charge in [-0.25, -0.2) is 9.37 Å². The van der Waals surface area contributed by atoms with Crippen molar-refractivity contribution < 1.29 is 9.13 Å². The highest BCUT2D eigenvalue weighted by Gasteiger charge is 2.30. The second-order valence-corrected chi connectivity index (χ2v) is 8.70. The van der Waals surface area contributed by atoms with Crippen molar-refractivity contribution in [2.24, 2.45) is 4.99 Å². The Morgan fingerprint density at radius 3 is 2.73 bits per heavy atom. The molecule has 3 aliphatic heterocycles. The molecule has 3 aliphatic rings. The van der Waals surface area contributed by atoms with Gasteiger partial charge in [-0.15, -0.1) is 0 Å². The first-order valence-electron chi connectivity index (χ1n) is 11.5. The van der Waals surface area contributed by atoms with E-state index in [9.17, 15) is 4.39 Å². The molecule has 6 nitrogen and oxygen atoms in total. The van der Waals surface area contributed by atoms with Crippen molar-refractivity contribution in [1.82, 2.24) is 14.6 Å². The first-order valence-corrected chi connectivity index (χ1v) is 11.5. The van der Waals surface area contributed by atoms with E-state index in [0.717, 1.165) is 67.6 Å². The van der Waals surface area contributed by atoms with Crippen LogP contribution in [0.2, 0.25) is 0 Å². The summed E-state index contributed by atoms with van der Waals surface area (Å²) in [5, 5.41) is 4.48. The number of nitrogens with zero attached hydrogens (tertiary/aromatic N) is 5. The molecule has 0 bridgehead atoms. The first kappa shape index (κ1) is 20.0. The quantitative estimate of drug-likeness (QED) is 0.595. The fourth-order valence-electron chi connectivity index (χ4n) is 4.99. The number of aryl methyl sites for hydroxylation is 1. The number of piperidine rings is 1. The van der Waals surface area contributed by atoms with Gasteiger partial charge in [-0.05, 0) is 67.3 Å². The predicted octanol–water partition coefficient (Wildman–Crippen LogP) is 4.57. The van der Waals surface area contributed by atoms with Crippen LogP contribution in [-0.4, -0.2) is 46.6 Å². The summed E-state index contributed by atoms with van der Waals surface area (Å²) in [6, 6.07) is 11.0. The van der Waals surface area contributed by atoms with Crippen molar-refractivity contribution in [2.75, 3.05) is 31.3 Å². The number of anilines is 1. The molecule has 0 spiro atoms. The molecule has 0 N–H and O–H groups in total. The molecule has 0 amide bonds. The Labute approximate surface area is 192 Å². The van der Waals surface area contributed by atoms with Crippen LogP contribution in [0.4, 0.5) is 10.1 Å². The molecule has 3 aromatic rings. The number of aromatic nitrogens is 2. The number of fused-ring (bicyclic) bond motifs is 2. The van der Waals surface area contributed by atoms with Crippen LogP contribution in [0.3, 0.4) is 0 Å². The number of halogens is 1. The zero-order valence-electron chi connectivity index (χ0n) is 18.7. The Morgan fingerprint density at radius 2 is 1.91 bits per heavy atom. The summed E-state index contributed by atoms with van der Waals surface area (Å²) in [4.78, 5) is 9.26. The first-order chi connectivity index (χ1) is 16.2. The van der Waals surface area contributed by atoms with Crippen LogP contribution in [0.5, 0.6) is 5.75 Å². The number of aliphatic imine (C=N–C) groups is 1. The lowest BCUT2D eigenvalue weighted by atomic mass is 9.96. The second kappa shape index (κ2) is 8.06. The van der Waals surface area contributed by atoms with E-state index in [1.807, 2.05) is 36.1 Å². The molecular formula is C26H26FN5O. The maximum absolute atomic E-state index is 13.5. The van der Waals surface area contributed by atoms with Crippen molar-refractivity contribution in [1.29, 1.82) is 0 Å². The molecule has 6 rings (SSSR count). The van der Waals surface area contributed by atoms with Crippen molar-refractivity contribution in [3.8, 4) is 11.4 Å². The van der Waals surface area contributed by atoms with E-state index in [4.69, 9.17) is 9.73 Å². The lowest BCUT2D eigenvalue weighted by molar-refractivity contribution is 0.348. The van der Waals surface area contributed by atoms with Gasteiger partial charge < -0.3 is 9.30 Å². The Bertz CT molecular complexity index is 1260. The van der Waals surface area contributed by atoms with E-state index in [0.29, 0.717) is 6.61 Å². The Kier molecular flexibility index (Phi) is 4.89. The molecule has 168 valence electrons. The van der Waals surface area contributed by atoms with Gasteiger partial charge in [0.2, 0.25) is 0 Å². The normalized spacial score (nSPS) is 18.7. The Hall–Kier alpha value is -3.61. The smallest absolute Gasteiger partial charge is 0.147 e. The van der Waals surface area contributed by atoms with Crippen molar-refractivity contribution >= 4 is 17.6 Å². The minimum atomic E-state index is -0.214. The van der Waals surface area contributed by atoms with Gasteiger partial charge in [-0.1, -0.05) is 6.07 Å².